The van der Waals surface area contributed by atoms with Crippen LogP contribution in [0.15, 0.2) is 190 Å². The highest BCUT2D eigenvalue weighted by atomic mass is 16.5. The van der Waals surface area contributed by atoms with Crippen molar-refractivity contribution in [1.82, 2.24) is 57.7 Å². The van der Waals surface area contributed by atoms with Gasteiger partial charge in [0.15, 0.2) is 34.5 Å². The molecule has 28 nitrogen and oxygen atoms in total. The summed E-state index contributed by atoms with van der Waals surface area (Å²) < 4.78 is 43.6. The number of piperidine rings is 1. The fraction of sp³-hybridized carbons (Fsp3) is 0.341. The lowest BCUT2D eigenvalue weighted by Gasteiger charge is -2.36. The van der Waals surface area contributed by atoms with E-state index in [1.807, 2.05) is 129 Å². The van der Waals surface area contributed by atoms with Gasteiger partial charge in [0.1, 0.15) is 28.3 Å². The summed E-state index contributed by atoms with van der Waals surface area (Å²) in [5.41, 5.74) is 12.9. The van der Waals surface area contributed by atoms with Gasteiger partial charge >= 0.3 is 0 Å². The molecule has 4 aliphatic rings. The van der Waals surface area contributed by atoms with Crippen molar-refractivity contribution in [3.05, 3.63) is 217 Å². The zero-order valence-corrected chi connectivity index (χ0v) is 66.1. The molecule has 0 amide bonds. The van der Waals surface area contributed by atoms with Crippen LogP contribution in [0.5, 0.6) is 40.2 Å². The van der Waals surface area contributed by atoms with E-state index < -0.39 is 0 Å². The van der Waals surface area contributed by atoms with Crippen molar-refractivity contribution in [2.24, 2.45) is 0 Å². The zero-order valence-electron chi connectivity index (χ0n) is 66.1. The number of methoxy groups -OCH3 is 7. The summed E-state index contributed by atoms with van der Waals surface area (Å²) in [6.45, 7) is 12.3. The van der Waals surface area contributed by atoms with Crippen molar-refractivity contribution in [3.8, 4) is 85.3 Å². The van der Waals surface area contributed by atoms with Crippen LogP contribution in [0.3, 0.4) is 0 Å². The van der Waals surface area contributed by atoms with Gasteiger partial charge in [-0.25, -0.2) is 19.9 Å². The van der Waals surface area contributed by atoms with E-state index in [0.29, 0.717) is 118 Å². The molecule has 28 heteroatoms. The standard InChI is InChI=1S/C23H28N4O3.C22H26N4O3.C20H22N4O4.C20H22N4O2/c1-25(2)17-9-11-26(12-10-17)18-6-8-22-24-19(14-23(28)27(22)15-18)16-5-7-20(29-3)21(13-16)30-4;1-24(2)16-9-10-25(13-16)17-6-8-21-23-18(12-22(27)26(21)14-17)15-5-7-19(28-3)20(11-15)29-4;1-27-17-5-3-14(11-18(17)28-2)16-12-20(25)24-13-15(4-6-19(24)21-16)22-7-9-23(26)10-8-22;1-14-11-15(3-5-18(14)26-2)17-12-20(25)24-13-16(4-6-19(24)22-17)23-9-7-21-8-10-23/h5-8,13-15,17H,9-12H2,1-4H3;5-8,11-12,14,16H,9-10,13H2,1-4H3;3-6,11-13,26H,7-10H2,1-2H3;3-6,11-13,21H,7-10H2,1-2H3/t;16-;;/m.0../s1. The van der Waals surface area contributed by atoms with Crippen LogP contribution < -0.4 is 80.3 Å². The predicted molar refractivity (Wildman–Crippen MR) is 442 cm³/mol. The topological polar surface area (TPSA) is 257 Å². The highest BCUT2D eigenvalue weighted by Crippen LogP contribution is 2.36. The van der Waals surface area contributed by atoms with Gasteiger partial charge in [0.05, 0.1) is 95.3 Å². The van der Waals surface area contributed by atoms with E-state index in [0.717, 1.165) is 128 Å². The first-order valence-electron chi connectivity index (χ1n) is 37.7. The molecule has 4 fully saturated rings. The normalized spacial score (nSPS) is 15.3. The first-order valence-corrected chi connectivity index (χ1v) is 37.7. The molecule has 1 atom stereocenters. The largest absolute Gasteiger partial charge is 0.496 e. The third-order valence-electron chi connectivity index (χ3n) is 21.2. The van der Waals surface area contributed by atoms with Gasteiger partial charge < -0.3 is 73.1 Å². The Kier molecular flexibility index (Phi) is 24.8. The number of aromatic nitrogens is 8. The lowest BCUT2D eigenvalue weighted by atomic mass is 10.0. The Hall–Kier alpha value is -12.1. The van der Waals surface area contributed by atoms with Crippen LogP contribution in [0.1, 0.15) is 24.8 Å². The summed E-state index contributed by atoms with van der Waals surface area (Å²) in [5.74, 6) is 4.52. The monoisotopic (exact) mass is 1530 g/mol. The minimum atomic E-state index is -0.155. The van der Waals surface area contributed by atoms with Crippen LogP contribution in [0.25, 0.3) is 67.6 Å². The SMILES string of the molecule is COc1ccc(-c2cc(=O)n3cc(N4CCC(N(C)C)CC4)ccc3n2)cc1OC.COc1ccc(-c2cc(=O)n3cc(N4CCN(O)CC4)ccc3n2)cc1OC.COc1ccc(-c2cc(=O)n3cc(N4CCNCC4)ccc3n2)cc1C.COc1ccc(-c2cc(=O)n3cc(N4CC[C@H](N(C)C)C4)ccc3n2)cc1OC. The molecule has 12 heterocycles. The Labute approximate surface area is 655 Å². The Balaban J connectivity index is 0.000000132. The van der Waals surface area contributed by atoms with E-state index in [9.17, 15) is 24.4 Å². The van der Waals surface area contributed by atoms with Crippen LogP contribution in [0.4, 0.5) is 22.7 Å². The number of likely N-dealkylation sites (N-methyl/N-ethyl adjacent to an activating group) is 1. The van der Waals surface area contributed by atoms with Gasteiger partial charge in [-0.05, 0) is 181 Å². The van der Waals surface area contributed by atoms with E-state index in [4.69, 9.17) is 38.1 Å². The molecule has 0 saturated carbocycles. The molecule has 4 aromatic carbocycles. The molecule has 16 rings (SSSR count). The van der Waals surface area contributed by atoms with Crippen molar-refractivity contribution in [1.29, 1.82) is 0 Å². The molecule has 0 aliphatic carbocycles. The molecule has 12 aromatic rings. The van der Waals surface area contributed by atoms with Gasteiger partial charge in [0, 0.05) is 162 Å². The number of nitrogens with zero attached hydrogens (tertiary/aromatic N) is 15. The van der Waals surface area contributed by atoms with Gasteiger partial charge in [-0.3, -0.25) is 36.8 Å². The van der Waals surface area contributed by atoms with Crippen molar-refractivity contribution >= 4 is 45.3 Å². The van der Waals surface area contributed by atoms with E-state index in [-0.39, 0.29) is 22.2 Å². The first-order chi connectivity index (χ1) is 54.7. The second-order valence-corrected chi connectivity index (χ2v) is 28.5. The minimum absolute atomic E-state index is 0.0737. The number of piperazine rings is 2. The summed E-state index contributed by atoms with van der Waals surface area (Å²) >= 11 is 0. The second-order valence-electron chi connectivity index (χ2n) is 28.5. The third kappa shape index (κ3) is 18.0. The zero-order chi connectivity index (χ0) is 79.6. The van der Waals surface area contributed by atoms with Gasteiger partial charge in [-0.1, -0.05) is 0 Å². The summed E-state index contributed by atoms with van der Waals surface area (Å²) in [6, 6.07) is 45.4. The number of hydrogen-bond donors (Lipinski definition) is 2. The number of benzene rings is 4. The fourth-order valence-electron chi connectivity index (χ4n) is 14.6. The lowest BCUT2D eigenvalue weighted by Crippen LogP contribution is -2.44. The van der Waals surface area contributed by atoms with Crippen molar-refractivity contribution in [2.45, 2.75) is 38.3 Å². The number of fused-ring (bicyclic) bond motifs is 4. The molecule has 2 N–H and O–H groups in total. The van der Waals surface area contributed by atoms with Crippen molar-refractivity contribution in [3.63, 3.8) is 0 Å². The highest BCUT2D eigenvalue weighted by molar-refractivity contribution is 5.70. The molecule has 8 aromatic heterocycles. The average Bonchev–Trinajstić information content (AvgIpc) is 1.73. The minimum Gasteiger partial charge on any atom is -0.496 e. The molecule has 4 aliphatic heterocycles. The van der Waals surface area contributed by atoms with E-state index in [2.05, 4.69) is 83.9 Å². The third-order valence-corrected chi connectivity index (χ3v) is 21.2. The summed E-state index contributed by atoms with van der Waals surface area (Å²) in [7, 11) is 19.7. The Morgan fingerprint density at radius 1 is 0.345 bits per heavy atom. The quantitative estimate of drug-likeness (QED) is 0.0860. The predicted octanol–water partition coefficient (Wildman–Crippen LogP) is 9.41. The first kappa shape index (κ1) is 79.0. The molecule has 0 unspecified atom stereocenters. The summed E-state index contributed by atoms with van der Waals surface area (Å²) in [5, 5.41) is 14.2. The molecular weight excluding hydrogens is 1440 g/mol. The number of anilines is 4. The van der Waals surface area contributed by atoms with Gasteiger partial charge in [0.25, 0.3) is 22.2 Å². The number of hydrogen-bond acceptors (Lipinski definition) is 24. The smallest absolute Gasteiger partial charge is 0.258 e. The van der Waals surface area contributed by atoms with E-state index in [1.54, 1.807) is 104 Å². The number of pyridine rings is 4. The van der Waals surface area contributed by atoms with Crippen molar-refractivity contribution < 1.29 is 38.4 Å². The number of ether oxygens (including phenoxy) is 7. The van der Waals surface area contributed by atoms with Crippen LogP contribution in [-0.4, -0.2) is 226 Å². The molecule has 4 saturated heterocycles. The van der Waals surface area contributed by atoms with Crippen LogP contribution in [-0.2, 0) is 0 Å². The second kappa shape index (κ2) is 35.5. The fourth-order valence-corrected chi connectivity index (χ4v) is 14.6. The Morgan fingerprint density at radius 2 is 0.646 bits per heavy atom. The van der Waals surface area contributed by atoms with Gasteiger partial charge in [-0.2, -0.15) is 5.06 Å². The maximum Gasteiger partial charge on any atom is 0.258 e. The molecular formula is C85H98N16O12. The molecule has 0 bridgehead atoms. The van der Waals surface area contributed by atoms with Crippen LogP contribution in [0.2, 0.25) is 0 Å². The molecule has 590 valence electrons. The van der Waals surface area contributed by atoms with Gasteiger partial charge in [-0.15, -0.1) is 0 Å². The molecule has 113 heavy (non-hydrogen) atoms. The maximum absolute atomic E-state index is 12.9. The Bertz CT molecular complexity index is 5630. The van der Waals surface area contributed by atoms with E-state index >= 15 is 0 Å². The van der Waals surface area contributed by atoms with Gasteiger partial charge in [0.2, 0.25) is 0 Å². The van der Waals surface area contributed by atoms with Crippen LogP contribution >= 0.6 is 0 Å². The average molecular weight is 1540 g/mol. The number of nitrogens with one attached hydrogen (secondary N) is 1. The Morgan fingerprint density at radius 3 is 0.973 bits per heavy atom. The maximum atomic E-state index is 12.9. The molecule has 0 spiro atoms. The summed E-state index contributed by atoms with van der Waals surface area (Å²) in [4.78, 5) is 83.5. The highest BCUT2D eigenvalue weighted by Gasteiger charge is 2.26. The molecule has 0 radical (unpaired) electrons. The van der Waals surface area contributed by atoms with Crippen molar-refractivity contribution in [2.75, 3.05) is 176 Å². The lowest BCUT2D eigenvalue weighted by molar-refractivity contribution is -0.0935. The van der Waals surface area contributed by atoms with Crippen LogP contribution in [0, 0.1) is 6.92 Å². The summed E-state index contributed by atoms with van der Waals surface area (Å²) in [6.07, 6.45) is 10.8. The number of rotatable bonds is 17. The van der Waals surface area contributed by atoms with E-state index in [1.165, 1.54) is 11.1 Å². The number of aryl methyl sites for hydroxylation is 1. The number of hydroxylamine groups is 2.